The number of amides is 1. The fourth-order valence-corrected chi connectivity index (χ4v) is 3.90. The molecule has 0 fully saturated rings. The second kappa shape index (κ2) is 7.24. The number of aliphatic imine (C=N–C) groups is 1. The van der Waals surface area contributed by atoms with Crippen LogP contribution in [0.3, 0.4) is 0 Å². The molecular formula is C16H14FN3O3S2. The van der Waals surface area contributed by atoms with Gasteiger partial charge in [0.2, 0.25) is 0 Å². The monoisotopic (exact) mass is 379 g/mol. The van der Waals surface area contributed by atoms with Crippen molar-refractivity contribution in [3.63, 3.8) is 0 Å². The summed E-state index contributed by atoms with van der Waals surface area (Å²) >= 11 is 1.45. The topological polar surface area (TPSA) is 87.6 Å². The van der Waals surface area contributed by atoms with Crippen LogP contribution in [0.5, 0.6) is 0 Å². The van der Waals surface area contributed by atoms with Gasteiger partial charge in [-0.2, -0.15) is 0 Å². The molecule has 0 bridgehead atoms. The van der Waals surface area contributed by atoms with Crippen LogP contribution in [-0.2, 0) is 10.0 Å². The molecule has 0 saturated heterocycles. The highest BCUT2D eigenvalue weighted by Crippen LogP contribution is 2.19. The molecule has 25 heavy (non-hydrogen) atoms. The van der Waals surface area contributed by atoms with Crippen LogP contribution in [0.15, 0.2) is 58.4 Å². The molecule has 0 aromatic heterocycles. The van der Waals surface area contributed by atoms with Crippen molar-refractivity contribution in [3.8, 4) is 0 Å². The van der Waals surface area contributed by atoms with Gasteiger partial charge in [-0.1, -0.05) is 23.9 Å². The summed E-state index contributed by atoms with van der Waals surface area (Å²) in [5.41, 5.74) is 0.167. The van der Waals surface area contributed by atoms with Crippen LogP contribution < -0.4 is 10.0 Å². The number of carbonyl (C=O) groups excluding carboxylic acids is 1. The highest BCUT2D eigenvalue weighted by Gasteiger charge is 2.18. The van der Waals surface area contributed by atoms with E-state index in [1.54, 1.807) is 0 Å². The van der Waals surface area contributed by atoms with Crippen molar-refractivity contribution in [2.24, 2.45) is 4.99 Å². The minimum absolute atomic E-state index is 0.0696. The Balaban J connectivity index is 1.74. The number of anilines is 1. The molecular weight excluding hydrogens is 365 g/mol. The molecule has 0 saturated carbocycles. The van der Waals surface area contributed by atoms with Crippen molar-refractivity contribution in [2.45, 2.75) is 4.90 Å². The van der Waals surface area contributed by atoms with E-state index in [4.69, 9.17) is 0 Å². The van der Waals surface area contributed by atoms with Gasteiger partial charge in [0.15, 0.2) is 5.17 Å². The van der Waals surface area contributed by atoms with Gasteiger partial charge in [0.25, 0.3) is 15.9 Å². The van der Waals surface area contributed by atoms with Crippen LogP contribution in [0.1, 0.15) is 10.4 Å². The molecule has 9 heteroatoms. The Kier molecular flexibility index (Phi) is 5.05. The fraction of sp³-hybridized carbons (Fsp3) is 0.125. The number of halogens is 1. The highest BCUT2D eigenvalue weighted by molar-refractivity contribution is 8.14. The molecule has 2 N–H and O–H groups in total. The first-order valence-electron chi connectivity index (χ1n) is 7.32. The van der Waals surface area contributed by atoms with Crippen molar-refractivity contribution < 1.29 is 17.6 Å². The lowest BCUT2D eigenvalue weighted by Gasteiger charge is -2.09. The lowest BCUT2D eigenvalue weighted by molar-refractivity contribution is 0.0978. The Labute approximate surface area is 148 Å². The average Bonchev–Trinajstić information content (AvgIpc) is 3.10. The fourth-order valence-electron chi connectivity index (χ4n) is 2.11. The van der Waals surface area contributed by atoms with Crippen LogP contribution in [0.4, 0.5) is 10.1 Å². The molecule has 2 aromatic carbocycles. The van der Waals surface area contributed by atoms with Crippen molar-refractivity contribution >= 4 is 38.5 Å². The van der Waals surface area contributed by atoms with Gasteiger partial charge in [0, 0.05) is 11.3 Å². The number of nitrogens with zero attached hydrogens (tertiary/aromatic N) is 1. The summed E-state index contributed by atoms with van der Waals surface area (Å²) < 4.78 is 40.4. The molecule has 1 amide bonds. The van der Waals surface area contributed by atoms with Gasteiger partial charge in [0.05, 0.1) is 17.1 Å². The van der Waals surface area contributed by atoms with E-state index >= 15 is 0 Å². The first-order valence-corrected chi connectivity index (χ1v) is 9.78. The summed E-state index contributed by atoms with van der Waals surface area (Å²) in [6.07, 6.45) is 0. The molecule has 3 rings (SSSR count). The Bertz CT molecular complexity index is 928. The first kappa shape index (κ1) is 17.4. The number of benzene rings is 2. The van der Waals surface area contributed by atoms with Crippen LogP contribution in [0.2, 0.25) is 0 Å². The maximum atomic E-state index is 13.6. The molecule has 0 unspecified atom stereocenters. The van der Waals surface area contributed by atoms with E-state index < -0.39 is 15.8 Å². The number of carbonyl (C=O) groups is 1. The molecule has 1 aliphatic heterocycles. The zero-order valence-electron chi connectivity index (χ0n) is 12.9. The summed E-state index contributed by atoms with van der Waals surface area (Å²) in [5, 5.41) is 3.22. The van der Waals surface area contributed by atoms with Crippen LogP contribution in [0.25, 0.3) is 0 Å². The number of hydrogen-bond donors (Lipinski definition) is 2. The number of nitrogens with one attached hydrogen (secondary N) is 2. The first-order chi connectivity index (χ1) is 12.0. The van der Waals surface area contributed by atoms with E-state index in [0.29, 0.717) is 17.3 Å². The van der Waals surface area contributed by atoms with Crippen LogP contribution >= 0.6 is 11.8 Å². The van der Waals surface area contributed by atoms with Gasteiger partial charge in [-0.05, 0) is 36.4 Å². The van der Waals surface area contributed by atoms with E-state index in [1.165, 1.54) is 54.2 Å². The zero-order chi connectivity index (χ0) is 17.9. The van der Waals surface area contributed by atoms with Crippen LogP contribution in [-0.4, -0.2) is 31.8 Å². The number of rotatable bonds is 4. The Hall–Kier alpha value is -2.39. The maximum absolute atomic E-state index is 13.6. The van der Waals surface area contributed by atoms with E-state index in [9.17, 15) is 17.6 Å². The molecule has 0 spiro atoms. The number of sulfonamides is 1. The zero-order valence-corrected chi connectivity index (χ0v) is 14.5. The van der Waals surface area contributed by atoms with Crippen molar-refractivity contribution in [1.82, 2.24) is 5.32 Å². The predicted octanol–water partition coefficient (Wildman–Crippen LogP) is 2.46. The lowest BCUT2D eigenvalue weighted by Crippen LogP contribution is -2.27. The van der Waals surface area contributed by atoms with Gasteiger partial charge in [-0.15, -0.1) is 0 Å². The highest BCUT2D eigenvalue weighted by atomic mass is 32.2. The van der Waals surface area contributed by atoms with E-state index in [-0.39, 0.29) is 16.5 Å². The smallest absolute Gasteiger partial charge is 0.261 e. The second-order valence-electron chi connectivity index (χ2n) is 5.10. The van der Waals surface area contributed by atoms with Gasteiger partial charge in [-0.25, -0.2) is 12.8 Å². The molecule has 1 heterocycles. The lowest BCUT2D eigenvalue weighted by atomic mass is 10.2. The molecule has 0 aliphatic carbocycles. The van der Waals surface area contributed by atoms with Gasteiger partial charge in [0.1, 0.15) is 5.82 Å². The Morgan fingerprint density at radius 1 is 1.12 bits per heavy atom. The van der Waals surface area contributed by atoms with E-state index in [0.717, 1.165) is 11.8 Å². The van der Waals surface area contributed by atoms with Crippen molar-refractivity contribution in [3.05, 3.63) is 59.9 Å². The Morgan fingerprint density at radius 2 is 1.84 bits per heavy atom. The minimum Gasteiger partial charge on any atom is -0.301 e. The molecule has 1 aliphatic rings. The van der Waals surface area contributed by atoms with Crippen LogP contribution in [0, 0.1) is 5.82 Å². The van der Waals surface area contributed by atoms with Crippen molar-refractivity contribution in [1.29, 1.82) is 0 Å². The number of thioether (sulfide) groups is 1. The standard InChI is InChI=1S/C16H14FN3O3S2/c17-13-3-1-2-4-14(13)20-25(22,23)12-7-5-11(6-8-12)15(21)19-16-18-9-10-24-16/h1-8,20H,9-10H2,(H,18,19,21). The number of hydrogen-bond acceptors (Lipinski definition) is 5. The molecule has 2 aromatic rings. The van der Waals surface area contributed by atoms with Gasteiger partial charge < -0.3 is 5.32 Å². The van der Waals surface area contributed by atoms with Crippen molar-refractivity contribution in [2.75, 3.05) is 17.0 Å². The predicted molar refractivity (Wildman–Crippen MR) is 95.9 cm³/mol. The SMILES string of the molecule is O=C(NC1=NCCS1)c1ccc(S(=O)(=O)Nc2ccccc2F)cc1. The third-order valence-electron chi connectivity index (χ3n) is 3.35. The third-order valence-corrected chi connectivity index (χ3v) is 5.62. The molecule has 0 atom stereocenters. The summed E-state index contributed by atoms with van der Waals surface area (Å²) in [6, 6.07) is 10.9. The summed E-state index contributed by atoms with van der Waals surface area (Å²) in [6.45, 7) is 0.666. The maximum Gasteiger partial charge on any atom is 0.261 e. The minimum atomic E-state index is -3.95. The molecule has 130 valence electrons. The Morgan fingerprint density at radius 3 is 2.48 bits per heavy atom. The largest absolute Gasteiger partial charge is 0.301 e. The quantitative estimate of drug-likeness (QED) is 0.854. The van der Waals surface area contributed by atoms with E-state index in [1.807, 2.05) is 0 Å². The number of para-hydroxylation sites is 1. The summed E-state index contributed by atoms with van der Waals surface area (Å²) in [5.74, 6) is -0.204. The van der Waals surface area contributed by atoms with Gasteiger partial charge in [-0.3, -0.25) is 14.5 Å². The third kappa shape index (κ3) is 4.18. The second-order valence-corrected chi connectivity index (χ2v) is 7.87. The normalized spacial score (nSPS) is 14.0. The molecule has 0 radical (unpaired) electrons. The van der Waals surface area contributed by atoms with E-state index in [2.05, 4.69) is 15.0 Å². The summed E-state index contributed by atoms with van der Waals surface area (Å²) in [4.78, 5) is 16.1. The average molecular weight is 379 g/mol. The molecule has 6 nitrogen and oxygen atoms in total. The number of amidine groups is 1. The summed E-state index contributed by atoms with van der Waals surface area (Å²) in [7, 11) is -3.95. The van der Waals surface area contributed by atoms with Gasteiger partial charge >= 0.3 is 0 Å².